The predicted octanol–water partition coefficient (Wildman–Crippen LogP) is 3.31. The Kier molecular flexibility index (Phi) is 4.65. The summed E-state index contributed by atoms with van der Waals surface area (Å²) in [7, 11) is 1.90. The molecule has 0 aliphatic rings. The standard InChI is InChI=1S/C15H17ClN4/c1-3-13-15(16)14(20(2)19-13)10-18-12-6-4-11(5-7-12)8-9-17/h4-7,18H,3,8,10H2,1-2H3. The number of nitrogens with zero attached hydrogens (tertiary/aromatic N) is 3. The van der Waals surface area contributed by atoms with Gasteiger partial charge in [-0.05, 0) is 24.1 Å². The van der Waals surface area contributed by atoms with Crippen LogP contribution in [0, 0.1) is 11.3 Å². The van der Waals surface area contributed by atoms with Crippen molar-refractivity contribution in [3.05, 3.63) is 46.2 Å². The molecule has 0 fully saturated rings. The molecule has 4 nitrogen and oxygen atoms in total. The molecule has 0 spiro atoms. The van der Waals surface area contributed by atoms with Crippen LogP contribution in [0.25, 0.3) is 0 Å². The summed E-state index contributed by atoms with van der Waals surface area (Å²) in [6.07, 6.45) is 1.27. The number of anilines is 1. The van der Waals surface area contributed by atoms with E-state index < -0.39 is 0 Å². The van der Waals surface area contributed by atoms with Crippen molar-refractivity contribution in [3.8, 4) is 6.07 Å². The molecule has 2 aromatic rings. The van der Waals surface area contributed by atoms with Crippen molar-refractivity contribution >= 4 is 17.3 Å². The second-order valence-electron chi connectivity index (χ2n) is 4.57. The Morgan fingerprint density at radius 3 is 2.60 bits per heavy atom. The van der Waals surface area contributed by atoms with Gasteiger partial charge in [-0.15, -0.1) is 0 Å². The van der Waals surface area contributed by atoms with E-state index >= 15 is 0 Å². The molecule has 0 aliphatic carbocycles. The molecule has 1 aromatic carbocycles. The molecule has 0 saturated carbocycles. The summed E-state index contributed by atoms with van der Waals surface area (Å²) in [4.78, 5) is 0. The van der Waals surface area contributed by atoms with Crippen molar-refractivity contribution in [2.75, 3.05) is 5.32 Å². The Morgan fingerprint density at radius 2 is 2.05 bits per heavy atom. The van der Waals surface area contributed by atoms with E-state index in [0.717, 1.165) is 34.1 Å². The highest BCUT2D eigenvalue weighted by Crippen LogP contribution is 2.22. The van der Waals surface area contributed by atoms with Crippen molar-refractivity contribution in [2.45, 2.75) is 26.3 Å². The Hall–Kier alpha value is -1.99. The Labute approximate surface area is 124 Å². The zero-order valence-corrected chi connectivity index (χ0v) is 12.4. The van der Waals surface area contributed by atoms with Crippen LogP contribution in [0.4, 0.5) is 5.69 Å². The van der Waals surface area contributed by atoms with Crippen molar-refractivity contribution in [1.29, 1.82) is 5.26 Å². The maximum absolute atomic E-state index is 8.64. The van der Waals surface area contributed by atoms with Crippen LogP contribution in [0.3, 0.4) is 0 Å². The minimum absolute atomic E-state index is 0.438. The first-order valence-electron chi connectivity index (χ1n) is 6.55. The second-order valence-corrected chi connectivity index (χ2v) is 4.95. The number of nitrogens with one attached hydrogen (secondary N) is 1. The van der Waals surface area contributed by atoms with E-state index in [1.54, 1.807) is 0 Å². The lowest BCUT2D eigenvalue weighted by atomic mass is 10.1. The summed E-state index contributed by atoms with van der Waals surface area (Å²) >= 11 is 6.30. The van der Waals surface area contributed by atoms with E-state index in [4.69, 9.17) is 16.9 Å². The van der Waals surface area contributed by atoms with Gasteiger partial charge in [0.2, 0.25) is 0 Å². The van der Waals surface area contributed by atoms with Gasteiger partial charge in [0.15, 0.2) is 0 Å². The zero-order valence-electron chi connectivity index (χ0n) is 11.7. The number of nitriles is 1. The number of hydrogen-bond acceptors (Lipinski definition) is 3. The molecule has 1 N–H and O–H groups in total. The van der Waals surface area contributed by atoms with Gasteiger partial charge in [0.25, 0.3) is 0 Å². The van der Waals surface area contributed by atoms with Crippen LogP contribution < -0.4 is 5.32 Å². The largest absolute Gasteiger partial charge is 0.379 e. The monoisotopic (exact) mass is 288 g/mol. The quantitative estimate of drug-likeness (QED) is 0.918. The van der Waals surface area contributed by atoms with Crippen molar-refractivity contribution in [2.24, 2.45) is 7.05 Å². The minimum Gasteiger partial charge on any atom is -0.379 e. The van der Waals surface area contributed by atoms with Gasteiger partial charge in [0.1, 0.15) is 0 Å². The molecule has 0 atom stereocenters. The third-order valence-corrected chi connectivity index (χ3v) is 3.64. The molecular weight excluding hydrogens is 272 g/mol. The van der Waals surface area contributed by atoms with Gasteiger partial charge in [-0.2, -0.15) is 10.4 Å². The summed E-state index contributed by atoms with van der Waals surface area (Å²) in [5.41, 5.74) is 3.92. The fraction of sp³-hybridized carbons (Fsp3) is 0.333. The smallest absolute Gasteiger partial charge is 0.0868 e. The highest BCUT2D eigenvalue weighted by molar-refractivity contribution is 6.31. The van der Waals surface area contributed by atoms with Gasteiger partial charge in [-0.25, -0.2) is 0 Å². The van der Waals surface area contributed by atoms with E-state index in [1.165, 1.54) is 0 Å². The average molecular weight is 289 g/mol. The molecule has 5 heteroatoms. The summed E-state index contributed by atoms with van der Waals surface area (Å²) in [6, 6.07) is 9.98. The Bertz CT molecular complexity index is 623. The maximum atomic E-state index is 8.64. The van der Waals surface area contributed by atoms with Crippen molar-refractivity contribution in [3.63, 3.8) is 0 Å². The fourth-order valence-corrected chi connectivity index (χ4v) is 2.39. The van der Waals surface area contributed by atoms with Crippen LogP contribution in [0.15, 0.2) is 24.3 Å². The lowest BCUT2D eigenvalue weighted by Gasteiger charge is -2.07. The highest BCUT2D eigenvalue weighted by atomic mass is 35.5. The van der Waals surface area contributed by atoms with E-state index in [0.29, 0.717) is 13.0 Å². The minimum atomic E-state index is 0.438. The Balaban J connectivity index is 2.05. The molecule has 104 valence electrons. The van der Waals surface area contributed by atoms with Crippen molar-refractivity contribution in [1.82, 2.24) is 9.78 Å². The molecule has 20 heavy (non-hydrogen) atoms. The summed E-state index contributed by atoms with van der Waals surface area (Å²) in [6.45, 7) is 2.67. The topological polar surface area (TPSA) is 53.6 Å². The number of halogens is 1. The third-order valence-electron chi connectivity index (χ3n) is 3.20. The summed E-state index contributed by atoms with van der Waals surface area (Å²) < 4.78 is 1.82. The van der Waals surface area contributed by atoms with Crippen LogP contribution in [-0.2, 0) is 26.4 Å². The van der Waals surface area contributed by atoms with E-state index in [2.05, 4.69) is 16.5 Å². The van der Waals surface area contributed by atoms with Gasteiger partial charge >= 0.3 is 0 Å². The first kappa shape index (κ1) is 14.4. The lowest BCUT2D eigenvalue weighted by molar-refractivity contribution is 0.707. The molecule has 0 saturated heterocycles. The third kappa shape index (κ3) is 3.12. The van der Waals surface area contributed by atoms with Gasteiger partial charge in [-0.3, -0.25) is 4.68 Å². The van der Waals surface area contributed by atoms with Gasteiger partial charge in [0, 0.05) is 12.7 Å². The number of aromatic nitrogens is 2. The molecule has 1 aromatic heterocycles. The molecule has 1 heterocycles. The van der Waals surface area contributed by atoms with Crippen LogP contribution in [0.2, 0.25) is 5.02 Å². The second kappa shape index (κ2) is 6.44. The van der Waals surface area contributed by atoms with Crippen LogP contribution in [0.1, 0.15) is 23.9 Å². The normalized spacial score (nSPS) is 10.3. The summed E-state index contributed by atoms with van der Waals surface area (Å²) in [5, 5.41) is 17.1. The molecule has 0 radical (unpaired) electrons. The molecule has 0 aliphatic heterocycles. The van der Waals surface area contributed by atoms with E-state index in [-0.39, 0.29) is 0 Å². The van der Waals surface area contributed by atoms with E-state index in [1.807, 2.05) is 42.9 Å². The molecule has 2 rings (SSSR count). The Morgan fingerprint density at radius 1 is 1.35 bits per heavy atom. The van der Waals surface area contributed by atoms with Crippen LogP contribution in [-0.4, -0.2) is 9.78 Å². The predicted molar refractivity (Wildman–Crippen MR) is 80.7 cm³/mol. The number of aryl methyl sites for hydroxylation is 2. The van der Waals surface area contributed by atoms with Gasteiger partial charge < -0.3 is 5.32 Å². The fourth-order valence-electron chi connectivity index (χ4n) is 2.03. The molecule has 0 unspecified atom stereocenters. The zero-order chi connectivity index (χ0) is 14.5. The highest BCUT2D eigenvalue weighted by Gasteiger charge is 2.12. The van der Waals surface area contributed by atoms with Crippen LogP contribution in [0.5, 0.6) is 0 Å². The number of hydrogen-bond donors (Lipinski definition) is 1. The first-order chi connectivity index (χ1) is 9.65. The molecular formula is C15H17ClN4. The number of benzene rings is 1. The maximum Gasteiger partial charge on any atom is 0.0868 e. The average Bonchev–Trinajstić information content (AvgIpc) is 2.73. The SMILES string of the molecule is CCc1nn(C)c(CNc2ccc(CC#N)cc2)c1Cl. The summed E-state index contributed by atoms with van der Waals surface area (Å²) in [5.74, 6) is 0. The first-order valence-corrected chi connectivity index (χ1v) is 6.93. The van der Waals surface area contributed by atoms with Gasteiger partial charge in [-0.1, -0.05) is 30.7 Å². The molecule has 0 amide bonds. The molecule has 0 bridgehead atoms. The van der Waals surface area contributed by atoms with Crippen molar-refractivity contribution < 1.29 is 0 Å². The lowest BCUT2D eigenvalue weighted by Crippen LogP contribution is -2.05. The number of rotatable bonds is 5. The van der Waals surface area contributed by atoms with Crippen LogP contribution >= 0.6 is 11.6 Å². The van der Waals surface area contributed by atoms with E-state index in [9.17, 15) is 0 Å². The van der Waals surface area contributed by atoms with Gasteiger partial charge in [0.05, 0.1) is 35.4 Å².